The highest BCUT2D eigenvalue weighted by molar-refractivity contribution is 7.16. The van der Waals surface area contributed by atoms with Gasteiger partial charge in [-0.2, -0.15) is 4.99 Å². The number of methoxy groups -OCH3 is 2. The van der Waals surface area contributed by atoms with Crippen LogP contribution in [0.2, 0.25) is 0 Å². The van der Waals surface area contributed by atoms with Crippen molar-refractivity contribution in [3.63, 3.8) is 0 Å². The van der Waals surface area contributed by atoms with E-state index in [-0.39, 0.29) is 12.5 Å². The molecule has 0 radical (unpaired) electrons. The van der Waals surface area contributed by atoms with Gasteiger partial charge in [0.2, 0.25) is 0 Å². The van der Waals surface area contributed by atoms with Crippen LogP contribution in [0.4, 0.5) is 0 Å². The van der Waals surface area contributed by atoms with Gasteiger partial charge in [-0.3, -0.25) is 9.59 Å². The number of hydrogen-bond donors (Lipinski definition) is 0. The number of rotatable bonds is 4. The second-order valence-corrected chi connectivity index (χ2v) is 7.10. The predicted molar refractivity (Wildman–Crippen MR) is 104 cm³/mol. The molecule has 140 valence electrons. The Hall–Kier alpha value is -2.93. The monoisotopic (exact) mass is 384 g/mol. The summed E-state index contributed by atoms with van der Waals surface area (Å²) in [6.45, 7) is 3.99. The van der Waals surface area contributed by atoms with Crippen LogP contribution in [0.1, 0.15) is 21.5 Å². The molecule has 0 aliphatic rings. The van der Waals surface area contributed by atoms with Gasteiger partial charge in [0.1, 0.15) is 12.3 Å². The van der Waals surface area contributed by atoms with Crippen LogP contribution in [0.15, 0.2) is 41.4 Å². The molecule has 0 saturated heterocycles. The summed E-state index contributed by atoms with van der Waals surface area (Å²) in [4.78, 5) is 29.2. The van der Waals surface area contributed by atoms with Crippen molar-refractivity contribution >= 4 is 33.4 Å². The Morgan fingerprint density at radius 2 is 1.81 bits per heavy atom. The molecule has 0 fully saturated rings. The molecule has 2 aromatic carbocycles. The van der Waals surface area contributed by atoms with Crippen LogP contribution in [0.3, 0.4) is 0 Å². The lowest BCUT2D eigenvalue weighted by Crippen LogP contribution is -2.22. The zero-order valence-corrected chi connectivity index (χ0v) is 16.4. The summed E-state index contributed by atoms with van der Waals surface area (Å²) >= 11 is 1.39. The van der Waals surface area contributed by atoms with Gasteiger partial charge in [0.25, 0.3) is 5.91 Å². The number of esters is 1. The van der Waals surface area contributed by atoms with Gasteiger partial charge >= 0.3 is 5.97 Å². The number of benzene rings is 2. The van der Waals surface area contributed by atoms with E-state index >= 15 is 0 Å². The van der Waals surface area contributed by atoms with Gasteiger partial charge < -0.3 is 14.0 Å². The largest absolute Gasteiger partial charge is 0.497 e. The summed E-state index contributed by atoms with van der Waals surface area (Å²) in [6.07, 6.45) is 0. The molecule has 0 bridgehead atoms. The van der Waals surface area contributed by atoms with E-state index in [2.05, 4.69) is 11.1 Å². The van der Waals surface area contributed by atoms with Crippen LogP contribution in [-0.2, 0) is 16.1 Å². The SMILES string of the molecule is COC(=O)Cn1c(=NC(=O)c2ccc(OC)cc2)sc2c(C)cc(C)cc21. The van der Waals surface area contributed by atoms with E-state index in [4.69, 9.17) is 9.47 Å². The molecular formula is C20H20N2O4S. The molecule has 7 heteroatoms. The lowest BCUT2D eigenvalue weighted by Gasteiger charge is -2.05. The van der Waals surface area contributed by atoms with Gasteiger partial charge in [0.15, 0.2) is 4.80 Å². The Labute approximate surface area is 160 Å². The second kappa shape index (κ2) is 7.75. The van der Waals surface area contributed by atoms with Gasteiger partial charge in [-0.15, -0.1) is 0 Å². The number of nitrogens with zero attached hydrogens (tertiary/aromatic N) is 2. The van der Waals surface area contributed by atoms with Crippen LogP contribution >= 0.6 is 11.3 Å². The first kappa shape index (κ1) is 18.8. The molecule has 1 aromatic heterocycles. The molecule has 27 heavy (non-hydrogen) atoms. The number of aryl methyl sites for hydroxylation is 2. The lowest BCUT2D eigenvalue weighted by atomic mass is 10.1. The van der Waals surface area contributed by atoms with Crippen molar-refractivity contribution in [3.05, 3.63) is 57.9 Å². The van der Waals surface area contributed by atoms with Crippen molar-refractivity contribution in [2.45, 2.75) is 20.4 Å². The molecule has 0 aliphatic heterocycles. The van der Waals surface area contributed by atoms with E-state index in [0.29, 0.717) is 16.1 Å². The van der Waals surface area contributed by atoms with Gasteiger partial charge in [-0.05, 0) is 55.3 Å². The van der Waals surface area contributed by atoms with E-state index in [1.807, 2.05) is 19.9 Å². The van der Waals surface area contributed by atoms with E-state index in [9.17, 15) is 9.59 Å². The smallest absolute Gasteiger partial charge is 0.325 e. The van der Waals surface area contributed by atoms with Crippen LogP contribution in [0, 0.1) is 13.8 Å². The number of ether oxygens (including phenoxy) is 2. The van der Waals surface area contributed by atoms with Crippen molar-refractivity contribution in [1.29, 1.82) is 0 Å². The van der Waals surface area contributed by atoms with E-state index in [1.54, 1.807) is 35.9 Å². The third kappa shape index (κ3) is 3.93. The molecule has 0 spiro atoms. The van der Waals surface area contributed by atoms with Crippen LogP contribution in [0.5, 0.6) is 5.75 Å². The topological polar surface area (TPSA) is 69.9 Å². The number of carbonyl (C=O) groups is 2. The molecule has 3 aromatic rings. The number of aromatic nitrogens is 1. The molecule has 0 atom stereocenters. The Kier molecular flexibility index (Phi) is 5.41. The van der Waals surface area contributed by atoms with E-state index in [1.165, 1.54) is 18.4 Å². The fraction of sp³-hybridized carbons (Fsp3) is 0.250. The summed E-state index contributed by atoms with van der Waals surface area (Å²) in [7, 11) is 2.91. The van der Waals surface area contributed by atoms with Gasteiger partial charge in [0, 0.05) is 5.56 Å². The lowest BCUT2D eigenvalue weighted by molar-refractivity contribution is -0.141. The highest BCUT2D eigenvalue weighted by Gasteiger charge is 2.14. The average Bonchev–Trinajstić information content (AvgIpc) is 2.99. The van der Waals surface area contributed by atoms with Crippen LogP contribution in [0.25, 0.3) is 10.2 Å². The summed E-state index contributed by atoms with van der Waals surface area (Å²) in [5.74, 6) is -0.107. The molecule has 0 saturated carbocycles. The number of amides is 1. The Balaban J connectivity index is 2.14. The maximum atomic E-state index is 12.6. The predicted octanol–water partition coefficient (Wildman–Crippen LogP) is 3.24. The van der Waals surface area contributed by atoms with Crippen molar-refractivity contribution in [1.82, 2.24) is 4.57 Å². The molecule has 3 rings (SSSR count). The van der Waals surface area contributed by atoms with E-state index in [0.717, 1.165) is 21.3 Å². The van der Waals surface area contributed by atoms with Crippen molar-refractivity contribution in [2.75, 3.05) is 14.2 Å². The Bertz CT molecular complexity index is 1080. The van der Waals surface area contributed by atoms with Crippen LogP contribution < -0.4 is 9.54 Å². The Morgan fingerprint density at radius 1 is 1.11 bits per heavy atom. The third-order valence-electron chi connectivity index (χ3n) is 4.16. The summed E-state index contributed by atoms with van der Waals surface area (Å²) in [5.41, 5.74) is 3.46. The molecule has 0 aliphatic carbocycles. The molecule has 1 heterocycles. The van der Waals surface area contributed by atoms with Crippen molar-refractivity contribution in [2.24, 2.45) is 4.99 Å². The minimum Gasteiger partial charge on any atom is -0.497 e. The average molecular weight is 384 g/mol. The molecule has 6 nitrogen and oxygen atoms in total. The Morgan fingerprint density at radius 3 is 2.44 bits per heavy atom. The normalized spacial score (nSPS) is 11.6. The second-order valence-electron chi connectivity index (χ2n) is 6.12. The van der Waals surface area contributed by atoms with Crippen molar-refractivity contribution < 1.29 is 19.1 Å². The fourth-order valence-electron chi connectivity index (χ4n) is 2.83. The summed E-state index contributed by atoms with van der Waals surface area (Å²) in [6, 6.07) is 10.8. The number of hydrogen-bond acceptors (Lipinski definition) is 5. The van der Waals surface area contributed by atoms with Gasteiger partial charge in [-0.1, -0.05) is 17.4 Å². The zero-order valence-electron chi connectivity index (χ0n) is 15.6. The van der Waals surface area contributed by atoms with Gasteiger partial charge in [0.05, 0.1) is 24.4 Å². The molecule has 0 N–H and O–H groups in total. The van der Waals surface area contributed by atoms with E-state index < -0.39 is 5.97 Å². The van der Waals surface area contributed by atoms with Crippen LogP contribution in [-0.4, -0.2) is 30.7 Å². The highest BCUT2D eigenvalue weighted by atomic mass is 32.1. The van der Waals surface area contributed by atoms with Crippen molar-refractivity contribution in [3.8, 4) is 5.75 Å². The highest BCUT2D eigenvalue weighted by Crippen LogP contribution is 2.23. The first-order chi connectivity index (χ1) is 12.9. The molecular weight excluding hydrogens is 364 g/mol. The standard InChI is InChI=1S/C20H20N2O4S/c1-12-9-13(2)18-16(10-12)22(11-17(23)26-4)20(27-18)21-19(24)14-5-7-15(25-3)8-6-14/h5-10H,11H2,1-4H3. The number of fused-ring (bicyclic) bond motifs is 1. The molecule has 1 amide bonds. The third-order valence-corrected chi connectivity index (χ3v) is 5.39. The number of carbonyl (C=O) groups excluding carboxylic acids is 2. The number of thiazole rings is 1. The van der Waals surface area contributed by atoms with Gasteiger partial charge in [-0.25, -0.2) is 0 Å². The minimum absolute atomic E-state index is 0.00583. The summed E-state index contributed by atoms with van der Waals surface area (Å²) < 4.78 is 12.6. The minimum atomic E-state index is -0.396. The summed E-state index contributed by atoms with van der Waals surface area (Å²) in [5, 5.41) is 0. The maximum absolute atomic E-state index is 12.6. The quantitative estimate of drug-likeness (QED) is 0.648. The first-order valence-electron chi connectivity index (χ1n) is 8.33. The fourth-order valence-corrected chi connectivity index (χ4v) is 3.91. The molecule has 0 unspecified atom stereocenters. The zero-order chi connectivity index (χ0) is 19.6. The maximum Gasteiger partial charge on any atom is 0.325 e. The first-order valence-corrected chi connectivity index (χ1v) is 9.15.